The minimum absolute atomic E-state index is 0.108. The van der Waals surface area contributed by atoms with Gasteiger partial charge in [0.05, 0.1) is 0 Å². The van der Waals surface area contributed by atoms with Crippen molar-refractivity contribution in [3.8, 4) is 0 Å². The van der Waals surface area contributed by atoms with Gasteiger partial charge in [0, 0.05) is 12.6 Å². The fraction of sp³-hybridized carbons (Fsp3) is 0.933. The number of fused-ring (bicyclic) bond motifs is 1. The van der Waals surface area contributed by atoms with Crippen molar-refractivity contribution in [2.45, 2.75) is 59.1 Å². The first-order valence-corrected chi connectivity index (χ1v) is 7.38. The van der Waals surface area contributed by atoms with Crippen molar-refractivity contribution in [2.24, 2.45) is 23.0 Å². The molecule has 2 aliphatic rings. The molecular weight excluding hydrogens is 240 g/mol. The molecule has 3 atom stereocenters. The van der Waals surface area contributed by atoms with Crippen LogP contribution in [-0.4, -0.2) is 35.7 Å². The highest BCUT2D eigenvalue weighted by Gasteiger charge is 2.59. The molecule has 0 radical (unpaired) electrons. The van der Waals surface area contributed by atoms with Gasteiger partial charge in [-0.25, -0.2) is 4.79 Å². The molecule has 1 amide bonds. The van der Waals surface area contributed by atoms with Crippen LogP contribution in [0.1, 0.15) is 47.5 Å². The SMILES string of the molecule is CC(C)(C)OC(=O)N1CCC[C@@H]2[C@@H](CN)C(C)(C)[C@H]21. The van der Waals surface area contributed by atoms with Crippen LogP contribution in [0.4, 0.5) is 4.79 Å². The van der Waals surface area contributed by atoms with Gasteiger partial charge in [-0.05, 0) is 57.4 Å². The summed E-state index contributed by atoms with van der Waals surface area (Å²) in [6.45, 7) is 11.7. The quantitative estimate of drug-likeness (QED) is 0.795. The zero-order valence-corrected chi connectivity index (χ0v) is 12.9. The highest BCUT2D eigenvalue weighted by Crippen LogP contribution is 2.56. The van der Waals surface area contributed by atoms with E-state index in [1.807, 2.05) is 25.7 Å². The fourth-order valence-corrected chi connectivity index (χ4v) is 4.06. The summed E-state index contributed by atoms with van der Waals surface area (Å²) in [7, 11) is 0. The summed E-state index contributed by atoms with van der Waals surface area (Å²) >= 11 is 0. The van der Waals surface area contributed by atoms with Crippen LogP contribution in [0.15, 0.2) is 0 Å². The molecule has 1 heterocycles. The van der Waals surface area contributed by atoms with Gasteiger partial charge in [0.25, 0.3) is 0 Å². The molecule has 4 nitrogen and oxygen atoms in total. The van der Waals surface area contributed by atoms with E-state index in [-0.39, 0.29) is 11.5 Å². The largest absolute Gasteiger partial charge is 0.444 e. The fourth-order valence-electron chi connectivity index (χ4n) is 4.06. The van der Waals surface area contributed by atoms with Crippen LogP contribution < -0.4 is 5.73 Å². The van der Waals surface area contributed by atoms with Crippen molar-refractivity contribution in [2.75, 3.05) is 13.1 Å². The number of rotatable bonds is 1. The number of nitrogens with zero attached hydrogens (tertiary/aromatic N) is 1. The van der Waals surface area contributed by atoms with Crippen LogP contribution in [0.25, 0.3) is 0 Å². The predicted octanol–water partition coefficient (Wildman–Crippen LogP) is 2.62. The lowest BCUT2D eigenvalue weighted by Crippen LogP contribution is -2.70. The molecule has 1 aliphatic carbocycles. The number of hydrogen-bond acceptors (Lipinski definition) is 3. The van der Waals surface area contributed by atoms with Crippen LogP contribution in [-0.2, 0) is 4.74 Å². The minimum Gasteiger partial charge on any atom is -0.444 e. The Morgan fingerprint density at radius 2 is 2.05 bits per heavy atom. The molecule has 0 spiro atoms. The second-order valence-electron chi connectivity index (χ2n) is 7.59. The second-order valence-corrected chi connectivity index (χ2v) is 7.59. The van der Waals surface area contributed by atoms with Gasteiger partial charge in [0.2, 0.25) is 0 Å². The number of likely N-dealkylation sites (tertiary alicyclic amines) is 1. The third-order valence-corrected chi connectivity index (χ3v) is 4.79. The highest BCUT2D eigenvalue weighted by molar-refractivity contribution is 5.69. The second kappa shape index (κ2) is 4.65. The molecule has 4 heteroatoms. The number of piperidine rings is 1. The topological polar surface area (TPSA) is 55.6 Å². The summed E-state index contributed by atoms with van der Waals surface area (Å²) in [5.41, 5.74) is 5.59. The monoisotopic (exact) mass is 268 g/mol. The number of carbonyl (C=O) groups excluding carboxylic acids is 1. The Morgan fingerprint density at radius 3 is 2.58 bits per heavy atom. The Bertz CT molecular complexity index is 360. The maximum absolute atomic E-state index is 12.4. The van der Waals surface area contributed by atoms with Gasteiger partial charge in [-0.2, -0.15) is 0 Å². The van der Waals surface area contributed by atoms with Gasteiger partial charge in [-0.3, -0.25) is 0 Å². The summed E-state index contributed by atoms with van der Waals surface area (Å²) in [5.74, 6) is 1.09. The van der Waals surface area contributed by atoms with E-state index in [4.69, 9.17) is 10.5 Å². The zero-order valence-electron chi connectivity index (χ0n) is 12.9. The third kappa shape index (κ3) is 2.47. The third-order valence-electron chi connectivity index (χ3n) is 4.79. The average molecular weight is 268 g/mol. The van der Waals surface area contributed by atoms with E-state index in [0.717, 1.165) is 19.5 Å². The number of amides is 1. The number of nitrogens with two attached hydrogens (primary N) is 1. The lowest BCUT2D eigenvalue weighted by molar-refractivity contribution is -0.139. The van der Waals surface area contributed by atoms with Crippen molar-refractivity contribution < 1.29 is 9.53 Å². The lowest BCUT2D eigenvalue weighted by Gasteiger charge is -2.63. The Hall–Kier alpha value is -0.770. The Kier molecular flexibility index (Phi) is 3.58. The molecule has 0 aromatic heterocycles. The first kappa shape index (κ1) is 14.6. The molecule has 0 aromatic carbocycles. The van der Waals surface area contributed by atoms with Gasteiger partial charge in [-0.15, -0.1) is 0 Å². The van der Waals surface area contributed by atoms with Crippen molar-refractivity contribution in [1.29, 1.82) is 0 Å². The summed E-state index contributed by atoms with van der Waals surface area (Å²) in [4.78, 5) is 14.3. The predicted molar refractivity (Wildman–Crippen MR) is 75.8 cm³/mol. The lowest BCUT2D eigenvalue weighted by atomic mass is 9.49. The molecule has 110 valence electrons. The molecule has 1 aliphatic heterocycles. The van der Waals surface area contributed by atoms with Gasteiger partial charge >= 0.3 is 6.09 Å². The molecule has 1 saturated carbocycles. The first-order chi connectivity index (χ1) is 8.68. The van der Waals surface area contributed by atoms with E-state index in [2.05, 4.69) is 13.8 Å². The van der Waals surface area contributed by atoms with Crippen LogP contribution in [0.3, 0.4) is 0 Å². The van der Waals surface area contributed by atoms with Crippen molar-refractivity contribution in [1.82, 2.24) is 4.90 Å². The molecule has 0 bridgehead atoms. The normalized spacial score (nSPS) is 33.4. The van der Waals surface area contributed by atoms with Crippen molar-refractivity contribution in [3.63, 3.8) is 0 Å². The summed E-state index contributed by atoms with van der Waals surface area (Å²) in [5, 5.41) is 0. The first-order valence-electron chi connectivity index (χ1n) is 7.38. The maximum Gasteiger partial charge on any atom is 0.410 e. The van der Waals surface area contributed by atoms with Gasteiger partial charge in [0.1, 0.15) is 5.60 Å². The van der Waals surface area contributed by atoms with Gasteiger partial charge in [0.15, 0.2) is 0 Å². The molecule has 0 aromatic rings. The van der Waals surface area contributed by atoms with Gasteiger partial charge < -0.3 is 15.4 Å². The Morgan fingerprint density at radius 1 is 1.42 bits per heavy atom. The number of hydrogen-bond donors (Lipinski definition) is 1. The summed E-state index contributed by atoms with van der Waals surface area (Å²) < 4.78 is 5.55. The Balaban J connectivity index is 2.12. The van der Waals surface area contributed by atoms with Gasteiger partial charge in [-0.1, -0.05) is 13.8 Å². The van der Waals surface area contributed by atoms with Crippen molar-refractivity contribution >= 4 is 6.09 Å². The van der Waals surface area contributed by atoms with E-state index in [9.17, 15) is 4.79 Å². The summed E-state index contributed by atoms with van der Waals surface area (Å²) in [6, 6.07) is 0.296. The average Bonchev–Trinajstić information content (AvgIpc) is 2.26. The van der Waals surface area contributed by atoms with Crippen LogP contribution in [0.2, 0.25) is 0 Å². The zero-order chi connectivity index (χ0) is 14.4. The maximum atomic E-state index is 12.4. The minimum atomic E-state index is -0.425. The van der Waals surface area contributed by atoms with Crippen molar-refractivity contribution in [3.05, 3.63) is 0 Å². The Labute approximate surface area is 116 Å². The molecule has 2 N–H and O–H groups in total. The molecule has 1 saturated heterocycles. The van der Waals surface area contributed by atoms with E-state index >= 15 is 0 Å². The molecule has 2 rings (SSSR count). The van der Waals surface area contributed by atoms with E-state index in [0.29, 0.717) is 17.9 Å². The molecule has 0 unspecified atom stereocenters. The molecule has 19 heavy (non-hydrogen) atoms. The van der Waals surface area contributed by atoms with E-state index < -0.39 is 5.60 Å². The van der Waals surface area contributed by atoms with Crippen LogP contribution in [0.5, 0.6) is 0 Å². The van der Waals surface area contributed by atoms with Crippen LogP contribution >= 0.6 is 0 Å². The highest BCUT2D eigenvalue weighted by atomic mass is 16.6. The van der Waals surface area contributed by atoms with E-state index in [1.54, 1.807) is 0 Å². The molecular formula is C15H28N2O2. The van der Waals surface area contributed by atoms with E-state index in [1.165, 1.54) is 6.42 Å². The standard InChI is InChI=1S/C15H28N2O2/c1-14(2,3)19-13(18)17-8-6-7-10-11(9-16)15(4,5)12(10)17/h10-12H,6-9,16H2,1-5H3/t10-,11-,12+/m1/s1. The number of ether oxygens (including phenoxy) is 1. The van der Waals surface area contributed by atoms with Crippen LogP contribution in [0, 0.1) is 17.3 Å². The summed E-state index contributed by atoms with van der Waals surface area (Å²) in [6.07, 6.45) is 2.09. The number of carbonyl (C=O) groups is 1. The smallest absolute Gasteiger partial charge is 0.410 e. The molecule has 2 fully saturated rings.